The highest BCUT2D eigenvalue weighted by molar-refractivity contribution is 5.53. The van der Waals surface area contributed by atoms with E-state index in [9.17, 15) is 9.50 Å². The summed E-state index contributed by atoms with van der Waals surface area (Å²) in [5.74, 6) is 3.72. The largest absolute Gasteiger partial charge is 0.441 e. The lowest BCUT2D eigenvalue weighted by atomic mass is 9.49. The molecule has 0 atom stereocenters. The topological polar surface area (TPSA) is 49.5 Å². The van der Waals surface area contributed by atoms with Crippen molar-refractivity contribution in [2.24, 2.45) is 23.2 Å². The smallest absolute Gasteiger partial charge is 0.226 e. The third-order valence-corrected chi connectivity index (χ3v) is 7.48. The van der Waals surface area contributed by atoms with E-state index in [1.54, 1.807) is 6.07 Å². The molecule has 4 aliphatic carbocycles. The average molecular weight is 399 g/mol. The molecule has 0 spiro atoms. The lowest BCUT2D eigenvalue weighted by Crippen LogP contribution is -2.51. The Kier molecular flexibility index (Phi) is 4.99. The van der Waals surface area contributed by atoms with E-state index in [0.717, 1.165) is 35.8 Å². The first-order chi connectivity index (χ1) is 14.0. The zero-order valence-electron chi connectivity index (χ0n) is 17.2. The molecule has 0 radical (unpaired) electrons. The van der Waals surface area contributed by atoms with Gasteiger partial charge < -0.3 is 9.52 Å². The van der Waals surface area contributed by atoms with Gasteiger partial charge in [0.1, 0.15) is 11.6 Å². The maximum Gasteiger partial charge on any atom is 0.226 e. The number of nitrogens with zero attached hydrogens (tertiary/aromatic N) is 2. The summed E-state index contributed by atoms with van der Waals surface area (Å²) in [7, 11) is 0. The van der Waals surface area contributed by atoms with Gasteiger partial charge in [-0.15, -0.1) is 0 Å². The van der Waals surface area contributed by atoms with E-state index in [0.29, 0.717) is 30.0 Å². The van der Waals surface area contributed by atoms with Gasteiger partial charge in [-0.25, -0.2) is 9.37 Å². The molecule has 1 heterocycles. The van der Waals surface area contributed by atoms with Crippen LogP contribution < -0.4 is 0 Å². The maximum atomic E-state index is 13.6. The third kappa shape index (κ3) is 3.87. The lowest BCUT2D eigenvalue weighted by Gasteiger charge is -2.58. The van der Waals surface area contributed by atoms with Crippen LogP contribution >= 0.6 is 0 Å². The SMILES string of the molecule is Cc1oc(-c2cccc(F)c2)nc1CN(CCO)CC12CC3CC(CC(C3)C1)C2. The Bertz CT molecular complexity index is 842. The predicted octanol–water partition coefficient (Wildman–Crippen LogP) is 4.80. The van der Waals surface area contributed by atoms with Gasteiger partial charge in [0.2, 0.25) is 5.89 Å². The van der Waals surface area contributed by atoms with Gasteiger partial charge in [0.15, 0.2) is 0 Å². The van der Waals surface area contributed by atoms with Crippen molar-refractivity contribution in [3.8, 4) is 11.5 Å². The molecule has 0 amide bonds. The molecule has 4 bridgehead atoms. The Morgan fingerprint density at radius 2 is 1.86 bits per heavy atom. The number of aromatic nitrogens is 1. The van der Waals surface area contributed by atoms with Crippen LogP contribution in [0, 0.1) is 35.9 Å². The molecule has 6 rings (SSSR count). The fourth-order valence-corrected chi connectivity index (χ4v) is 6.84. The molecule has 4 fully saturated rings. The van der Waals surface area contributed by atoms with E-state index in [2.05, 4.69) is 9.88 Å². The zero-order chi connectivity index (χ0) is 20.0. The molecule has 0 saturated heterocycles. The van der Waals surface area contributed by atoms with Crippen molar-refractivity contribution < 1.29 is 13.9 Å². The van der Waals surface area contributed by atoms with Gasteiger partial charge in [-0.2, -0.15) is 0 Å². The Balaban J connectivity index is 1.34. The maximum absolute atomic E-state index is 13.6. The van der Waals surface area contributed by atoms with Gasteiger partial charge in [0.05, 0.1) is 12.3 Å². The summed E-state index contributed by atoms with van der Waals surface area (Å²) in [6.07, 6.45) is 8.39. The number of hydrogen-bond donors (Lipinski definition) is 1. The lowest BCUT2D eigenvalue weighted by molar-refractivity contribution is -0.0715. The molecule has 4 saturated carbocycles. The Morgan fingerprint density at radius 1 is 1.17 bits per heavy atom. The Morgan fingerprint density at radius 3 is 2.48 bits per heavy atom. The second-order valence-corrected chi connectivity index (χ2v) is 9.88. The highest BCUT2D eigenvalue weighted by atomic mass is 19.1. The van der Waals surface area contributed by atoms with E-state index in [1.165, 1.54) is 50.7 Å². The highest BCUT2D eigenvalue weighted by Gasteiger charge is 2.51. The molecular formula is C24H31FN2O2. The summed E-state index contributed by atoms with van der Waals surface area (Å²) in [5.41, 5.74) is 1.98. The Labute approximate surface area is 172 Å². The molecule has 4 aliphatic rings. The van der Waals surface area contributed by atoms with Crippen molar-refractivity contribution >= 4 is 0 Å². The number of aliphatic hydroxyl groups is 1. The van der Waals surface area contributed by atoms with Crippen molar-refractivity contribution in [2.45, 2.75) is 52.0 Å². The monoisotopic (exact) mass is 398 g/mol. The van der Waals surface area contributed by atoms with Crippen LogP contribution in [0.4, 0.5) is 4.39 Å². The minimum absolute atomic E-state index is 0.153. The van der Waals surface area contributed by atoms with Gasteiger partial charge in [0, 0.05) is 25.2 Å². The molecule has 0 aliphatic heterocycles. The van der Waals surface area contributed by atoms with Crippen molar-refractivity contribution in [1.29, 1.82) is 0 Å². The second-order valence-electron chi connectivity index (χ2n) is 9.88. The minimum Gasteiger partial charge on any atom is -0.441 e. The molecule has 5 heteroatoms. The van der Waals surface area contributed by atoms with Crippen molar-refractivity contribution in [2.75, 3.05) is 19.7 Å². The first kappa shape index (κ1) is 19.3. The van der Waals surface area contributed by atoms with Crippen LogP contribution in [-0.2, 0) is 6.54 Å². The summed E-state index contributed by atoms with van der Waals surface area (Å²) in [6.45, 7) is 4.45. The fraction of sp³-hybridized carbons (Fsp3) is 0.625. The highest BCUT2D eigenvalue weighted by Crippen LogP contribution is 2.60. The van der Waals surface area contributed by atoms with E-state index in [4.69, 9.17) is 4.42 Å². The molecule has 4 nitrogen and oxygen atoms in total. The van der Waals surface area contributed by atoms with Crippen LogP contribution in [0.1, 0.15) is 50.0 Å². The van der Waals surface area contributed by atoms with E-state index in [1.807, 2.05) is 13.0 Å². The number of aliphatic hydroxyl groups excluding tert-OH is 1. The summed E-state index contributed by atoms with van der Waals surface area (Å²) in [6, 6.07) is 6.37. The molecule has 2 aromatic rings. The van der Waals surface area contributed by atoms with Crippen molar-refractivity contribution in [1.82, 2.24) is 9.88 Å². The quantitative estimate of drug-likeness (QED) is 0.728. The van der Waals surface area contributed by atoms with Gasteiger partial charge in [0.25, 0.3) is 0 Å². The summed E-state index contributed by atoms with van der Waals surface area (Å²) in [5, 5.41) is 9.68. The molecule has 29 heavy (non-hydrogen) atoms. The first-order valence-electron chi connectivity index (χ1n) is 11.1. The van der Waals surface area contributed by atoms with Gasteiger partial charge >= 0.3 is 0 Å². The van der Waals surface area contributed by atoms with E-state index >= 15 is 0 Å². The number of benzene rings is 1. The molecule has 0 unspecified atom stereocenters. The fourth-order valence-electron chi connectivity index (χ4n) is 6.84. The first-order valence-corrected chi connectivity index (χ1v) is 11.1. The normalized spacial score (nSPS) is 30.4. The molecule has 156 valence electrons. The van der Waals surface area contributed by atoms with Crippen LogP contribution in [-0.4, -0.2) is 34.7 Å². The molecule has 1 aromatic carbocycles. The van der Waals surface area contributed by atoms with Crippen LogP contribution in [0.3, 0.4) is 0 Å². The summed E-state index contributed by atoms with van der Waals surface area (Å²) in [4.78, 5) is 7.05. The summed E-state index contributed by atoms with van der Waals surface area (Å²) < 4.78 is 19.4. The van der Waals surface area contributed by atoms with Crippen LogP contribution in [0.2, 0.25) is 0 Å². The molecule has 1 N–H and O–H groups in total. The van der Waals surface area contributed by atoms with Crippen LogP contribution in [0.25, 0.3) is 11.5 Å². The van der Waals surface area contributed by atoms with E-state index < -0.39 is 0 Å². The zero-order valence-corrected chi connectivity index (χ0v) is 17.2. The van der Waals surface area contributed by atoms with Crippen LogP contribution in [0.5, 0.6) is 0 Å². The van der Waals surface area contributed by atoms with Crippen molar-refractivity contribution in [3.63, 3.8) is 0 Å². The van der Waals surface area contributed by atoms with Crippen LogP contribution in [0.15, 0.2) is 28.7 Å². The molecular weight excluding hydrogens is 367 g/mol. The minimum atomic E-state index is -0.288. The standard InChI is InChI=1S/C24H31FN2O2/c1-16-22(26-23(29-16)20-3-2-4-21(25)10-20)14-27(5-6-28)15-24-11-17-7-18(12-24)9-19(8-17)13-24/h2-4,10,17-19,28H,5-9,11-15H2,1H3. The third-order valence-electron chi connectivity index (χ3n) is 7.48. The number of aryl methyl sites for hydroxylation is 1. The Hall–Kier alpha value is -1.72. The number of rotatable bonds is 7. The van der Waals surface area contributed by atoms with Crippen molar-refractivity contribution in [3.05, 3.63) is 41.5 Å². The predicted molar refractivity (Wildman–Crippen MR) is 110 cm³/mol. The van der Waals surface area contributed by atoms with Gasteiger partial charge in [-0.3, -0.25) is 4.90 Å². The summed E-state index contributed by atoms with van der Waals surface area (Å²) >= 11 is 0. The average Bonchev–Trinajstić information content (AvgIpc) is 3.01. The van der Waals surface area contributed by atoms with Gasteiger partial charge in [-0.1, -0.05) is 6.07 Å². The number of hydrogen-bond acceptors (Lipinski definition) is 4. The number of halogens is 1. The second kappa shape index (κ2) is 7.51. The molecule has 1 aromatic heterocycles. The van der Waals surface area contributed by atoms with Gasteiger partial charge in [-0.05, 0) is 86.8 Å². The van der Waals surface area contributed by atoms with E-state index in [-0.39, 0.29) is 12.4 Å². The number of oxazole rings is 1.